The van der Waals surface area contributed by atoms with Crippen LogP contribution in [0, 0.1) is 11.8 Å². The molecule has 4 heteroatoms. The highest BCUT2D eigenvalue weighted by Gasteiger charge is 2.33. The van der Waals surface area contributed by atoms with Crippen molar-refractivity contribution in [2.45, 2.75) is 46.1 Å². The maximum Gasteiger partial charge on any atom is 0.191 e. The van der Waals surface area contributed by atoms with E-state index in [0.717, 1.165) is 30.9 Å². The zero-order chi connectivity index (χ0) is 13.7. The largest absolute Gasteiger partial charge is 0.357 e. The number of nitrogens with zero attached hydrogens (tertiary/aromatic N) is 2. The number of rotatable bonds is 6. The van der Waals surface area contributed by atoms with Gasteiger partial charge in [0.25, 0.3) is 0 Å². The number of nitrogens with one attached hydrogen (secondary N) is 2. The van der Waals surface area contributed by atoms with Crippen molar-refractivity contribution in [3.05, 3.63) is 0 Å². The smallest absolute Gasteiger partial charge is 0.191 e. The van der Waals surface area contributed by atoms with Crippen LogP contribution in [0.2, 0.25) is 0 Å². The lowest BCUT2D eigenvalue weighted by Crippen LogP contribution is -2.39. The van der Waals surface area contributed by atoms with Crippen LogP contribution in [0.5, 0.6) is 0 Å². The molecule has 2 rings (SSSR count). The molecule has 1 aliphatic carbocycles. The number of aliphatic imine (C=N–C) groups is 1. The summed E-state index contributed by atoms with van der Waals surface area (Å²) in [4.78, 5) is 7.35. The minimum atomic E-state index is 0.651. The van der Waals surface area contributed by atoms with E-state index in [-0.39, 0.29) is 0 Å². The van der Waals surface area contributed by atoms with E-state index in [1.165, 1.54) is 38.9 Å². The molecule has 0 bridgehead atoms. The number of hydrogen-bond donors (Lipinski definition) is 2. The van der Waals surface area contributed by atoms with Crippen LogP contribution in [0.1, 0.15) is 40.0 Å². The first-order valence-corrected chi connectivity index (χ1v) is 8.00. The first kappa shape index (κ1) is 14.6. The summed E-state index contributed by atoms with van der Waals surface area (Å²) in [5.41, 5.74) is 0. The third-order valence-electron chi connectivity index (χ3n) is 4.19. The predicted molar refractivity (Wildman–Crippen MR) is 81.5 cm³/mol. The van der Waals surface area contributed by atoms with E-state index >= 15 is 0 Å². The van der Waals surface area contributed by atoms with Gasteiger partial charge in [-0.3, -0.25) is 4.99 Å². The van der Waals surface area contributed by atoms with Crippen LogP contribution in [0.25, 0.3) is 0 Å². The molecule has 3 unspecified atom stereocenters. The fourth-order valence-corrected chi connectivity index (χ4v) is 2.82. The summed E-state index contributed by atoms with van der Waals surface area (Å²) < 4.78 is 0. The van der Waals surface area contributed by atoms with Gasteiger partial charge in [-0.2, -0.15) is 0 Å². The number of likely N-dealkylation sites (tertiary alicyclic amines) is 1. The van der Waals surface area contributed by atoms with Crippen molar-refractivity contribution in [3.8, 4) is 0 Å². The molecule has 1 aliphatic heterocycles. The predicted octanol–water partition coefficient (Wildman–Crippen LogP) is 1.68. The van der Waals surface area contributed by atoms with Crippen molar-refractivity contribution in [3.63, 3.8) is 0 Å². The fraction of sp³-hybridized carbons (Fsp3) is 0.933. The van der Waals surface area contributed by atoms with E-state index < -0.39 is 0 Å². The average Bonchev–Trinajstić information content (AvgIpc) is 2.90. The lowest BCUT2D eigenvalue weighted by Gasteiger charge is -2.14. The van der Waals surface area contributed by atoms with Gasteiger partial charge in [0, 0.05) is 25.7 Å². The van der Waals surface area contributed by atoms with E-state index in [9.17, 15) is 0 Å². The van der Waals surface area contributed by atoms with Crippen LogP contribution in [-0.2, 0) is 0 Å². The molecule has 0 aromatic heterocycles. The Morgan fingerprint density at radius 1 is 1.37 bits per heavy atom. The summed E-state index contributed by atoms with van der Waals surface area (Å²) in [5.74, 6) is 2.58. The van der Waals surface area contributed by atoms with Gasteiger partial charge in [-0.25, -0.2) is 0 Å². The van der Waals surface area contributed by atoms with Crippen LogP contribution in [-0.4, -0.2) is 49.6 Å². The molecule has 0 aromatic carbocycles. The molecule has 0 amide bonds. The second-order valence-corrected chi connectivity index (χ2v) is 6.14. The molecule has 0 aromatic rings. The summed E-state index contributed by atoms with van der Waals surface area (Å²) >= 11 is 0. The molecule has 1 heterocycles. The van der Waals surface area contributed by atoms with Crippen molar-refractivity contribution < 1.29 is 0 Å². The summed E-state index contributed by atoms with van der Waals surface area (Å²) in [6.07, 6.45) is 3.86. The quantitative estimate of drug-likeness (QED) is 0.567. The van der Waals surface area contributed by atoms with Crippen LogP contribution < -0.4 is 10.6 Å². The minimum Gasteiger partial charge on any atom is -0.357 e. The second kappa shape index (κ2) is 7.13. The molecular formula is C15H30N4. The Morgan fingerprint density at radius 3 is 2.79 bits per heavy atom. The second-order valence-electron chi connectivity index (χ2n) is 6.14. The van der Waals surface area contributed by atoms with Crippen LogP contribution in [0.15, 0.2) is 4.99 Å². The highest BCUT2D eigenvalue weighted by atomic mass is 15.2. The monoisotopic (exact) mass is 266 g/mol. The van der Waals surface area contributed by atoms with Gasteiger partial charge < -0.3 is 15.5 Å². The van der Waals surface area contributed by atoms with Crippen molar-refractivity contribution in [2.75, 3.05) is 32.7 Å². The summed E-state index contributed by atoms with van der Waals surface area (Å²) in [6.45, 7) is 12.3. The molecular weight excluding hydrogens is 236 g/mol. The van der Waals surface area contributed by atoms with Crippen LogP contribution in [0.4, 0.5) is 0 Å². The highest BCUT2D eigenvalue weighted by molar-refractivity contribution is 5.80. The molecule has 0 spiro atoms. The lowest BCUT2D eigenvalue weighted by molar-refractivity contribution is 0.326. The minimum absolute atomic E-state index is 0.651. The van der Waals surface area contributed by atoms with Gasteiger partial charge in [0.1, 0.15) is 0 Å². The first-order valence-electron chi connectivity index (χ1n) is 8.00. The zero-order valence-corrected chi connectivity index (χ0v) is 12.8. The molecule has 0 radical (unpaired) electrons. The van der Waals surface area contributed by atoms with Gasteiger partial charge in [-0.05, 0) is 51.1 Å². The van der Waals surface area contributed by atoms with Gasteiger partial charge >= 0.3 is 0 Å². The van der Waals surface area contributed by atoms with Crippen molar-refractivity contribution in [1.82, 2.24) is 15.5 Å². The van der Waals surface area contributed by atoms with Crippen LogP contribution >= 0.6 is 0 Å². The van der Waals surface area contributed by atoms with Gasteiger partial charge in [0.05, 0.1) is 0 Å². The highest BCUT2D eigenvalue weighted by Crippen LogP contribution is 2.28. The van der Waals surface area contributed by atoms with Gasteiger partial charge in [0.15, 0.2) is 5.96 Å². The normalized spacial score (nSPS) is 31.5. The summed E-state index contributed by atoms with van der Waals surface area (Å²) in [6, 6.07) is 0.651. The summed E-state index contributed by atoms with van der Waals surface area (Å²) in [5, 5.41) is 6.89. The Bertz CT molecular complexity index is 303. The Kier molecular flexibility index (Phi) is 5.49. The number of hydrogen-bond acceptors (Lipinski definition) is 2. The Morgan fingerprint density at radius 2 is 2.16 bits per heavy atom. The van der Waals surface area contributed by atoms with Crippen molar-refractivity contribution >= 4 is 5.96 Å². The third kappa shape index (κ3) is 4.68. The molecule has 1 saturated heterocycles. The van der Waals surface area contributed by atoms with E-state index in [2.05, 4.69) is 36.3 Å². The van der Waals surface area contributed by atoms with E-state index in [0.29, 0.717) is 6.04 Å². The first-order chi connectivity index (χ1) is 9.22. The average molecular weight is 266 g/mol. The topological polar surface area (TPSA) is 39.7 Å². The molecule has 3 atom stereocenters. The maximum absolute atomic E-state index is 4.77. The molecule has 4 nitrogen and oxygen atoms in total. The standard InChI is InChI=1S/C15H30N4/c1-4-7-19-8-6-13(11-19)10-17-15(16-5-2)18-14-9-12(14)3/h12-14H,4-11H2,1-3H3,(H2,16,17,18). The lowest BCUT2D eigenvalue weighted by atomic mass is 10.1. The molecule has 110 valence electrons. The fourth-order valence-electron chi connectivity index (χ4n) is 2.82. The van der Waals surface area contributed by atoms with Gasteiger partial charge in [-0.15, -0.1) is 0 Å². The van der Waals surface area contributed by atoms with Crippen LogP contribution in [0.3, 0.4) is 0 Å². The van der Waals surface area contributed by atoms with Crippen molar-refractivity contribution in [1.29, 1.82) is 0 Å². The Labute approximate surface area is 118 Å². The zero-order valence-electron chi connectivity index (χ0n) is 12.8. The third-order valence-corrected chi connectivity index (χ3v) is 4.19. The van der Waals surface area contributed by atoms with Crippen molar-refractivity contribution in [2.24, 2.45) is 16.8 Å². The van der Waals surface area contributed by atoms with E-state index in [1.807, 2.05) is 0 Å². The number of guanidine groups is 1. The van der Waals surface area contributed by atoms with E-state index in [4.69, 9.17) is 4.99 Å². The molecule has 2 N–H and O–H groups in total. The molecule has 2 aliphatic rings. The molecule has 2 fully saturated rings. The van der Waals surface area contributed by atoms with Gasteiger partial charge in [0.2, 0.25) is 0 Å². The molecule has 19 heavy (non-hydrogen) atoms. The SMILES string of the molecule is CCCN1CCC(CN=C(NCC)NC2CC2C)C1. The van der Waals surface area contributed by atoms with Gasteiger partial charge in [-0.1, -0.05) is 13.8 Å². The summed E-state index contributed by atoms with van der Waals surface area (Å²) in [7, 11) is 0. The maximum atomic E-state index is 4.77. The Hall–Kier alpha value is -0.770. The molecule has 1 saturated carbocycles. The van der Waals surface area contributed by atoms with E-state index in [1.54, 1.807) is 0 Å². The Balaban J connectivity index is 1.74.